The molecule has 0 aliphatic heterocycles. The van der Waals surface area contributed by atoms with Gasteiger partial charge in [-0.2, -0.15) is 4.98 Å². The summed E-state index contributed by atoms with van der Waals surface area (Å²) < 4.78 is 1.67. The van der Waals surface area contributed by atoms with Gasteiger partial charge in [0.1, 0.15) is 0 Å². The predicted molar refractivity (Wildman–Crippen MR) is 122 cm³/mol. The normalized spacial score (nSPS) is 19.6. The first-order valence-corrected chi connectivity index (χ1v) is 10.0. The van der Waals surface area contributed by atoms with E-state index in [4.69, 9.17) is 36.4 Å². The number of aliphatic hydroxyl groups is 6. The van der Waals surface area contributed by atoms with Gasteiger partial charge in [-0.05, 0) is 24.1 Å². The Bertz CT molecular complexity index is 1140. The maximum atomic E-state index is 11.7. The average molecular weight is 513 g/mol. The van der Waals surface area contributed by atoms with Gasteiger partial charge in [-0.15, -0.1) is 0 Å². The number of anilines is 1. The fourth-order valence-corrected chi connectivity index (χ4v) is 3.08. The molecule has 198 valence electrons. The Morgan fingerprint density at radius 2 is 1.69 bits per heavy atom. The van der Waals surface area contributed by atoms with Crippen LogP contribution in [0.1, 0.15) is 12.5 Å². The van der Waals surface area contributed by atoms with E-state index in [9.17, 15) is 24.6 Å². The molecule has 0 amide bonds. The van der Waals surface area contributed by atoms with E-state index in [1.165, 1.54) is 6.33 Å². The molecule has 36 heavy (non-hydrogen) atoms. The van der Waals surface area contributed by atoms with E-state index in [1.54, 1.807) is 4.57 Å². The number of aromatic nitrogens is 4. The van der Waals surface area contributed by atoms with Crippen molar-refractivity contribution in [2.24, 2.45) is 5.92 Å². The number of nitrogens with one attached hydrogen (secondary N) is 1. The van der Waals surface area contributed by atoms with E-state index in [0.717, 1.165) is 12.2 Å². The Hall–Kier alpha value is -3.93. The zero-order valence-electron chi connectivity index (χ0n) is 18.6. The van der Waals surface area contributed by atoms with E-state index in [2.05, 4.69) is 21.5 Å². The molecule has 1 saturated carbocycles. The molecule has 16 heteroatoms. The Kier molecular flexibility index (Phi) is 11.6. The number of aliphatic carboxylic acids is 2. The third-order valence-corrected chi connectivity index (χ3v) is 4.64. The minimum atomic E-state index is -1.67. The summed E-state index contributed by atoms with van der Waals surface area (Å²) in [7, 11) is 0. The van der Waals surface area contributed by atoms with Crippen LogP contribution in [0.5, 0.6) is 0 Å². The zero-order valence-corrected chi connectivity index (χ0v) is 18.6. The number of imidazole rings is 1. The lowest BCUT2D eigenvalue weighted by atomic mass is 10.0. The number of carboxylic acids is 2. The molecule has 0 radical (unpaired) electrons. The van der Waals surface area contributed by atoms with Gasteiger partial charge >= 0.3 is 11.9 Å². The summed E-state index contributed by atoms with van der Waals surface area (Å²) >= 11 is 0. The smallest absolute Gasteiger partial charge is 0.328 e. The van der Waals surface area contributed by atoms with Crippen molar-refractivity contribution in [3.05, 3.63) is 53.1 Å². The number of nitrogens with zero attached hydrogens (tertiary/aromatic N) is 3. The highest BCUT2D eigenvalue weighted by Gasteiger charge is 2.37. The van der Waals surface area contributed by atoms with E-state index in [-0.39, 0.29) is 30.0 Å². The molecule has 2 aromatic rings. The third kappa shape index (κ3) is 9.02. The van der Waals surface area contributed by atoms with Gasteiger partial charge in [-0.1, -0.05) is 6.58 Å². The quantitative estimate of drug-likeness (QED) is 0.105. The summed E-state index contributed by atoms with van der Waals surface area (Å²) in [5, 5.41) is 67.0. The molecule has 11 N–H and O–H groups in total. The van der Waals surface area contributed by atoms with Crippen molar-refractivity contribution in [2.45, 2.75) is 31.1 Å². The lowest BCUT2D eigenvalue weighted by Crippen LogP contribution is -2.17. The molecule has 0 unspecified atom stereocenters. The molecule has 1 aliphatic carbocycles. The maximum absolute atomic E-state index is 11.7. The first-order chi connectivity index (χ1) is 16.8. The van der Waals surface area contributed by atoms with Crippen molar-refractivity contribution in [2.75, 3.05) is 12.3 Å². The predicted octanol–water partition coefficient (Wildman–Crippen LogP) is -2.95. The van der Waals surface area contributed by atoms with Crippen molar-refractivity contribution in [1.29, 1.82) is 0 Å². The van der Waals surface area contributed by atoms with Crippen LogP contribution in [0.2, 0.25) is 0 Å². The summed E-state index contributed by atoms with van der Waals surface area (Å²) in [5.74, 6) is -2.76. The number of hydrogen-bond acceptors (Lipinski definition) is 12. The SMILES string of the molecule is C=C1[C@H](CO)[C@@H](O)C[C@@H]1n1cnc2c(=O)[nH]c(N)nc21.O=C(O)/C=C/C(O)O.O=C(O)/C=C/C(O)O. The molecule has 0 saturated heterocycles. The summed E-state index contributed by atoms with van der Waals surface area (Å²) in [6.45, 7) is 3.76. The molecular formula is C20H27N5O11. The lowest BCUT2D eigenvalue weighted by Gasteiger charge is -2.15. The average Bonchev–Trinajstić information content (AvgIpc) is 3.31. The Morgan fingerprint density at radius 1 is 1.17 bits per heavy atom. The minimum Gasteiger partial charge on any atom is -0.478 e. The standard InChI is InChI=1S/C12H15N5O3.2C4H6O4/c1-5-6(3-18)8(19)2-7(5)17-4-14-9-10(17)15-12(13)16-11(9)20;2*5-3(6)1-2-4(7)8/h4,6-8,18-19H,1-3H2,(H3,13,15,16,20);2*1-3,5-6H,(H,7,8)/b;2*2-1+/t6-,7-,8-;;/m0../s1. The van der Waals surface area contributed by atoms with Gasteiger partial charge in [-0.25, -0.2) is 14.6 Å². The highest BCUT2D eigenvalue weighted by molar-refractivity contribution is 5.80. The Balaban J connectivity index is 0.000000337. The summed E-state index contributed by atoms with van der Waals surface area (Å²) in [5.41, 5.74) is 6.37. The third-order valence-electron chi connectivity index (χ3n) is 4.64. The van der Waals surface area contributed by atoms with Crippen molar-refractivity contribution in [1.82, 2.24) is 19.5 Å². The van der Waals surface area contributed by atoms with Gasteiger partial charge in [0, 0.05) is 18.1 Å². The minimum absolute atomic E-state index is 0.00659. The first kappa shape index (κ1) is 30.1. The van der Waals surface area contributed by atoms with Crippen molar-refractivity contribution in [3.8, 4) is 0 Å². The zero-order chi connectivity index (χ0) is 27.6. The molecule has 0 bridgehead atoms. The van der Waals surface area contributed by atoms with Crippen LogP contribution in [-0.4, -0.2) is 97.6 Å². The van der Waals surface area contributed by atoms with Crippen LogP contribution in [0.4, 0.5) is 5.95 Å². The van der Waals surface area contributed by atoms with Gasteiger partial charge in [0.05, 0.1) is 25.1 Å². The number of nitrogen functional groups attached to an aromatic ring is 1. The summed E-state index contributed by atoms with van der Waals surface area (Å²) in [4.78, 5) is 41.4. The topological polar surface area (TPSA) is 286 Å². The van der Waals surface area contributed by atoms with E-state index < -0.39 is 36.2 Å². The first-order valence-electron chi connectivity index (χ1n) is 10.0. The summed E-state index contributed by atoms with van der Waals surface area (Å²) in [6, 6.07) is -0.263. The second-order valence-electron chi connectivity index (χ2n) is 7.18. The van der Waals surface area contributed by atoms with Gasteiger partial charge < -0.3 is 51.2 Å². The maximum Gasteiger partial charge on any atom is 0.328 e. The van der Waals surface area contributed by atoms with Gasteiger partial charge in [-0.3, -0.25) is 9.78 Å². The number of aliphatic hydroxyl groups excluding tert-OH is 4. The largest absolute Gasteiger partial charge is 0.478 e. The highest BCUT2D eigenvalue weighted by Crippen LogP contribution is 2.39. The fraction of sp³-hybridized carbons (Fsp3) is 0.350. The fourth-order valence-electron chi connectivity index (χ4n) is 3.08. The molecule has 2 heterocycles. The number of carboxylic acid groups (broad SMARTS) is 2. The Labute approximate surface area is 202 Å². The van der Waals surface area contributed by atoms with Crippen LogP contribution < -0.4 is 11.3 Å². The number of nitrogens with two attached hydrogens (primary N) is 1. The molecular weight excluding hydrogens is 486 g/mol. The van der Waals surface area contributed by atoms with E-state index in [1.807, 2.05) is 0 Å². The number of H-pyrrole nitrogens is 1. The number of rotatable bonds is 6. The number of carbonyl (C=O) groups is 2. The van der Waals surface area contributed by atoms with E-state index in [0.29, 0.717) is 29.8 Å². The van der Waals surface area contributed by atoms with Gasteiger partial charge in [0.2, 0.25) is 5.95 Å². The summed E-state index contributed by atoms with van der Waals surface area (Å²) in [6.07, 6.45) is 0.671. The molecule has 0 spiro atoms. The van der Waals surface area contributed by atoms with E-state index >= 15 is 0 Å². The molecule has 16 nitrogen and oxygen atoms in total. The van der Waals surface area contributed by atoms with Crippen molar-refractivity contribution in [3.63, 3.8) is 0 Å². The molecule has 0 aromatic carbocycles. The van der Waals surface area contributed by atoms with Crippen LogP contribution in [0.25, 0.3) is 11.2 Å². The second kappa shape index (κ2) is 13.8. The van der Waals surface area contributed by atoms with Crippen LogP contribution in [0, 0.1) is 5.92 Å². The molecule has 1 fully saturated rings. The van der Waals surface area contributed by atoms with Crippen LogP contribution in [-0.2, 0) is 9.59 Å². The number of fused-ring (bicyclic) bond motifs is 1. The highest BCUT2D eigenvalue weighted by atomic mass is 16.5. The lowest BCUT2D eigenvalue weighted by molar-refractivity contribution is -0.132. The van der Waals surface area contributed by atoms with Crippen molar-refractivity contribution < 1.29 is 50.4 Å². The number of aromatic amines is 1. The van der Waals surface area contributed by atoms with Gasteiger partial charge in [0.15, 0.2) is 23.7 Å². The van der Waals surface area contributed by atoms with Crippen LogP contribution >= 0.6 is 0 Å². The molecule has 3 rings (SSSR count). The second-order valence-corrected chi connectivity index (χ2v) is 7.18. The molecule has 3 atom stereocenters. The molecule has 1 aliphatic rings. The Morgan fingerprint density at radius 3 is 2.08 bits per heavy atom. The van der Waals surface area contributed by atoms with Gasteiger partial charge in [0.25, 0.3) is 5.56 Å². The number of hydrogen-bond donors (Lipinski definition) is 10. The molecule has 2 aromatic heterocycles. The monoisotopic (exact) mass is 513 g/mol. The van der Waals surface area contributed by atoms with Crippen LogP contribution in [0.3, 0.4) is 0 Å². The van der Waals surface area contributed by atoms with Crippen molar-refractivity contribution >= 4 is 29.1 Å². The van der Waals surface area contributed by atoms with Crippen LogP contribution in [0.15, 0.2) is 47.6 Å².